The van der Waals surface area contributed by atoms with Gasteiger partial charge >= 0.3 is 0 Å². The van der Waals surface area contributed by atoms with E-state index < -0.39 is 15.3 Å². The zero-order valence-electron chi connectivity index (χ0n) is 15.1. The lowest BCUT2D eigenvalue weighted by atomic mass is 10.1. The maximum absolute atomic E-state index is 13.0. The summed E-state index contributed by atoms with van der Waals surface area (Å²) in [6, 6.07) is 10.3. The van der Waals surface area contributed by atoms with Crippen molar-refractivity contribution in [3.8, 4) is 0 Å². The molecular weight excluding hydrogens is 386 g/mol. The normalized spacial score (nSPS) is 17.9. The Hall–Kier alpha value is -1.96. The number of sulfonamides is 1. The maximum atomic E-state index is 13.0. The summed E-state index contributed by atoms with van der Waals surface area (Å²) in [5, 5.41) is -0.130. The van der Waals surface area contributed by atoms with E-state index in [-0.39, 0.29) is 19.0 Å². The highest BCUT2D eigenvalue weighted by Crippen LogP contribution is 2.23. The van der Waals surface area contributed by atoms with E-state index in [1.54, 1.807) is 54.7 Å². The van der Waals surface area contributed by atoms with E-state index in [0.29, 0.717) is 30.0 Å². The maximum Gasteiger partial charge on any atom is 0.253 e. The Morgan fingerprint density at radius 1 is 1.33 bits per heavy atom. The molecule has 0 N–H and O–H groups in total. The minimum atomic E-state index is -3.53. The van der Waals surface area contributed by atoms with Gasteiger partial charge in [-0.2, -0.15) is 0 Å². The molecule has 0 aliphatic carbocycles. The van der Waals surface area contributed by atoms with Crippen molar-refractivity contribution in [2.75, 3.05) is 20.1 Å². The summed E-state index contributed by atoms with van der Waals surface area (Å²) in [6.45, 7) is 0.990. The van der Waals surface area contributed by atoms with Crippen molar-refractivity contribution < 1.29 is 13.2 Å². The summed E-state index contributed by atoms with van der Waals surface area (Å²) in [5.74, 6) is -0.188. The van der Waals surface area contributed by atoms with Gasteiger partial charge in [0.05, 0.1) is 5.25 Å². The number of carbonyl (C=O) groups is 1. The van der Waals surface area contributed by atoms with E-state index in [0.717, 1.165) is 5.56 Å². The Balaban J connectivity index is 1.71. The lowest BCUT2D eigenvalue weighted by Gasteiger charge is -2.34. The number of rotatable bonds is 5. The fourth-order valence-corrected chi connectivity index (χ4v) is 5.12. The molecule has 0 bridgehead atoms. The predicted molar refractivity (Wildman–Crippen MR) is 105 cm³/mol. The fraction of sp³-hybridized carbons (Fsp3) is 0.368. The molecule has 1 aromatic heterocycles. The van der Waals surface area contributed by atoms with E-state index in [9.17, 15) is 13.2 Å². The van der Waals surface area contributed by atoms with Crippen LogP contribution in [0.2, 0.25) is 5.02 Å². The van der Waals surface area contributed by atoms with Crippen LogP contribution in [0.25, 0.3) is 0 Å². The first kappa shape index (κ1) is 19.8. The summed E-state index contributed by atoms with van der Waals surface area (Å²) >= 11 is 5.97. The van der Waals surface area contributed by atoms with Gasteiger partial charge in [0.15, 0.2) is 0 Å². The number of nitrogens with zero attached hydrogens (tertiary/aromatic N) is 3. The molecule has 1 aromatic carbocycles. The molecule has 2 heterocycles. The zero-order valence-corrected chi connectivity index (χ0v) is 16.7. The van der Waals surface area contributed by atoms with Crippen molar-refractivity contribution in [1.82, 2.24) is 14.2 Å². The lowest BCUT2D eigenvalue weighted by Crippen LogP contribution is -2.48. The Morgan fingerprint density at radius 3 is 2.85 bits per heavy atom. The van der Waals surface area contributed by atoms with Gasteiger partial charge in [-0.15, -0.1) is 0 Å². The van der Waals surface area contributed by atoms with Crippen molar-refractivity contribution in [3.05, 3.63) is 64.9 Å². The monoisotopic (exact) mass is 407 g/mol. The molecule has 3 rings (SSSR count). The molecule has 1 fully saturated rings. The number of halogens is 1. The molecule has 1 amide bonds. The van der Waals surface area contributed by atoms with Crippen LogP contribution in [-0.2, 0) is 16.6 Å². The first-order chi connectivity index (χ1) is 12.9. The third kappa shape index (κ3) is 4.66. The predicted octanol–water partition coefficient (Wildman–Crippen LogP) is 2.80. The third-order valence-corrected chi connectivity index (χ3v) is 7.18. The molecule has 2 aromatic rings. The van der Waals surface area contributed by atoms with Crippen LogP contribution in [0, 0.1) is 0 Å². The van der Waals surface area contributed by atoms with E-state index in [4.69, 9.17) is 11.6 Å². The first-order valence-electron chi connectivity index (χ1n) is 8.77. The van der Waals surface area contributed by atoms with E-state index >= 15 is 0 Å². The molecule has 1 aliphatic heterocycles. The summed E-state index contributed by atoms with van der Waals surface area (Å²) < 4.78 is 27.3. The van der Waals surface area contributed by atoms with Crippen molar-refractivity contribution in [1.29, 1.82) is 0 Å². The molecule has 1 saturated heterocycles. The molecular formula is C19H22ClN3O3S. The van der Waals surface area contributed by atoms with Crippen LogP contribution in [-0.4, -0.2) is 53.9 Å². The summed E-state index contributed by atoms with van der Waals surface area (Å²) in [5.41, 5.74) is 1.30. The lowest BCUT2D eigenvalue weighted by molar-refractivity contribution is 0.0725. The topological polar surface area (TPSA) is 70.6 Å². The molecule has 0 saturated carbocycles. The molecule has 0 unspecified atom stereocenters. The second-order valence-electron chi connectivity index (χ2n) is 6.69. The summed E-state index contributed by atoms with van der Waals surface area (Å²) in [4.78, 5) is 18.4. The molecule has 0 radical (unpaired) electrons. The van der Waals surface area contributed by atoms with Crippen molar-refractivity contribution in [2.24, 2.45) is 0 Å². The highest BCUT2D eigenvalue weighted by atomic mass is 35.5. The summed E-state index contributed by atoms with van der Waals surface area (Å²) in [6.07, 6.45) is 4.50. The standard InChI is InChI=1S/C19H22ClN3O3S/c1-22(13-15-5-3-9-21-12-15)27(25,26)18-8-4-10-23(14-18)19(24)16-6-2-7-17(20)11-16/h2-3,5-7,9,11-12,18H,4,8,10,13-14H2,1H3/t18-/m0/s1. The van der Waals surface area contributed by atoms with Crippen LogP contribution in [0.1, 0.15) is 28.8 Å². The molecule has 27 heavy (non-hydrogen) atoms. The smallest absolute Gasteiger partial charge is 0.253 e. The van der Waals surface area contributed by atoms with Crippen molar-refractivity contribution >= 4 is 27.5 Å². The number of amides is 1. The minimum absolute atomic E-state index is 0.186. The van der Waals surface area contributed by atoms with Crippen LogP contribution >= 0.6 is 11.6 Å². The number of carbonyl (C=O) groups excluding carboxylic acids is 1. The second kappa shape index (κ2) is 8.37. The van der Waals surface area contributed by atoms with Gasteiger partial charge in [0.1, 0.15) is 0 Å². The average Bonchev–Trinajstić information content (AvgIpc) is 2.68. The number of benzene rings is 1. The SMILES string of the molecule is CN(Cc1cccnc1)S(=O)(=O)[C@H]1CCCN(C(=O)c2cccc(Cl)c2)C1. The molecule has 8 heteroatoms. The van der Waals surface area contributed by atoms with Gasteiger partial charge in [-0.3, -0.25) is 9.78 Å². The van der Waals surface area contributed by atoms with Crippen LogP contribution in [0.4, 0.5) is 0 Å². The van der Waals surface area contributed by atoms with Gasteiger partial charge in [0.25, 0.3) is 5.91 Å². The van der Waals surface area contributed by atoms with Crippen LogP contribution in [0.3, 0.4) is 0 Å². The molecule has 0 spiro atoms. The Kier molecular flexibility index (Phi) is 6.14. The van der Waals surface area contributed by atoms with Crippen LogP contribution in [0.15, 0.2) is 48.8 Å². The quantitative estimate of drug-likeness (QED) is 0.764. The number of hydrogen-bond acceptors (Lipinski definition) is 4. The average molecular weight is 408 g/mol. The Morgan fingerprint density at radius 2 is 2.15 bits per heavy atom. The largest absolute Gasteiger partial charge is 0.337 e. The van der Waals surface area contributed by atoms with E-state index in [2.05, 4.69) is 4.98 Å². The second-order valence-corrected chi connectivity index (χ2v) is 9.44. The summed E-state index contributed by atoms with van der Waals surface area (Å²) in [7, 11) is -1.96. The van der Waals surface area contributed by atoms with Gasteiger partial charge in [0, 0.05) is 49.7 Å². The molecule has 1 atom stereocenters. The van der Waals surface area contributed by atoms with Crippen molar-refractivity contribution in [2.45, 2.75) is 24.6 Å². The van der Waals surface area contributed by atoms with Crippen LogP contribution in [0.5, 0.6) is 0 Å². The number of piperidine rings is 1. The highest BCUT2D eigenvalue weighted by Gasteiger charge is 2.35. The number of likely N-dealkylation sites (tertiary alicyclic amines) is 1. The van der Waals surface area contributed by atoms with Crippen molar-refractivity contribution in [3.63, 3.8) is 0 Å². The van der Waals surface area contributed by atoms with Gasteiger partial charge in [-0.25, -0.2) is 12.7 Å². The molecule has 144 valence electrons. The molecule has 6 nitrogen and oxygen atoms in total. The number of pyridine rings is 1. The number of aromatic nitrogens is 1. The Labute approximate surface area is 164 Å². The van der Waals surface area contributed by atoms with E-state index in [1.165, 1.54) is 4.31 Å². The molecule has 1 aliphatic rings. The Bertz CT molecular complexity index is 905. The third-order valence-electron chi connectivity index (χ3n) is 4.72. The van der Waals surface area contributed by atoms with Gasteiger partial charge in [-0.1, -0.05) is 23.7 Å². The van der Waals surface area contributed by atoms with Gasteiger partial charge in [0.2, 0.25) is 10.0 Å². The highest BCUT2D eigenvalue weighted by molar-refractivity contribution is 7.89. The van der Waals surface area contributed by atoms with Gasteiger partial charge < -0.3 is 4.90 Å². The fourth-order valence-electron chi connectivity index (χ4n) is 3.26. The van der Waals surface area contributed by atoms with Crippen LogP contribution < -0.4 is 0 Å². The van der Waals surface area contributed by atoms with E-state index in [1.807, 2.05) is 6.07 Å². The number of hydrogen-bond donors (Lipinski definition) is 0. The zero-order chi connectivity index (χ0) is 19.4. The minimum Gasteiger partial charge on any atom is -0.337 e. The van der Waals surface area contributed by atoms with Gasteiger partial charge in [-0.05, 0) is 42.7 Å². The first-order valence-corrected chi connectivity index (χ1v) is 10.6.